The third kappa shape index (κ3) is 2.89. The second kappa shape index (κ2) is 4.08. The van der Waals surface area contributed by atoms with Crippen LogP contribution in [0.15, 0.2) is 28.7 Å². The van der Waals surface area contributed by atoms with Crippen molar-refractivity contribution in [1.29, 1.82) is 0 Å². The van der Waals surface area contributed by atoms with E-state index in [0.717, 1.165) is 10.0 Å². The average molecular weight is 223 g/mol. The van der Waals surface area contributed by atoms with Gasteiger partial charge in [-0.1, -0.05) is 21.9 Å². The highest BCUT2D eigenvalue weighted by Crippen LogP contribution is 2.09. The van der Waals surface area contributed by atoms with Crippen molar-refractivity contribution < 1.29 is 4.79 Å². The number of carbonyl (C=O) groups is 1. The molecule has 0 atom stereocenters. The van der Waals surface area contributed by atoms with E-state index in [4.69, 9.17) is 0 Å². The molecule has 1 rings (SSSR count). The van der Waals surface area contributed by atoms with Gasteiger partial charge in [0.1, 0.15) is 0 Å². The number of hydrogen-bond donors (Lipinski definition) is 0. The lowest BCUT2D eigenvalue weighted by Gasteiger charge is -1.89. The van der Waals surface area contributed by atoms with Gasteiger partial charge in [-0.15, -0.1) is 0 Å². The zero-order chi connectivity index (χ0) is 8.97. The van der Waals surface area contributed by atoms with Crippen LogP contribution in [0.1, 0.15) is 12.5 Å². The standard InChI is InChI=1S/C10H7BrO/c1-8(12)2-3-9-4-6-10(11)7-5-9/h4-7H,1H3. The summed E-state index contributed by atoms with van der Waals surface area (Å²) in [6, 6.07) is 7.51. The monoisotopic (exact) mass is 222 g/mol. The summed E-state index contributed by atoms with van der Waals surface area (Å²) in [6.45, 7) is 1.45. The Morgan fingerprint density at radius 2 is 1.92 bits per heavy atom. The number of ketones is 1. The molecule has 0 fully saturated rings. The number of benzene rings is 1. The van der Waals surface area contributed by atoms with E-state index in [1.807, 2.05) is 24.3 Å². The summed E-state index contributed by atoms with van der Waals surface area (Å²) < 4.78 is 1.01. The smallest absolute Gasteiger partial charge is 0.202 e. The summed E-state index contributed by atoms with van der Waals surface area (Å²) in [5, 5.41) is 0. The Kier molecular flexibility index (Phi) is 3.07. The van der Waals surface area contributed by atoms with Crippen molar-refractivity contribution in [3.05, 3.63) is 34.3 Å². The highest BCUT2D eigenvalue weighted by molar-refractivity contribution is 9.10. The molecular formula is C10H7BrO. The molecule has 0 aliphatic rings. The molecule has 0 heterocycles. The maximum Gasteiger partial charge on any atom is 0.202 e. The van der Waals surface area contributed by atoms with Gasteiger partial charge >= 0.3 is 0 Å². The molecule has 1 aromatic carbocycles. The lowest BCUT2D eigenvalue weighted by molar-refractivity contribution is -0.111. The predicted molar refractivity (Wildman–Crippen MR) is 51.7 cm³/mol. The van der Waals surface area contributed by atoms with E-state index < -0.39 is 0 Å². The molecule has 0 amide bonds. The van der Waals surface area contributed by atoms with Gasteiger partial charge in [0.15, 0.2) is 0 Å². The Bertz CT molecular complexity index is 340. The summed E-state index contributed by atoms with van der Waals surface area (Å²) in [5.41, 5.74) is 0.855. The summed E-state index contributed by atoms with van der Waals surface area (Å²) >= 11 is 3.31. The molecule has 60 valence electrons. The minimum Gasteiger partial charge on any atom is -0.285 e. The van der Waals surface area contributed by atoms with E-state index >= 15 is 0 Å². The van der Waals surface area contributed by atoms with Crippen LogP contribution >= 0.6 is 15.9 Å². The first-order valence-corrected chi connectivity index (χ1v) is 4.26. The lowest BCUT2D eigenvalue weighted by atomic mass is 10.2. The number of rotatable bonds is 0. The van der Waals surface area contributed by atoms with Crippen LogP contribution in [0.25, 0.3) is 0 Å². The van der Waals surface area contributed by atoms with E-state index in [1.165, 1.54) is 6.92 Å². The van der Waals surface area contributed by atoms with Gasteiger partial charge in [0.25, 0.3) is 0 Å². The molecule has 0 spiro atoms. The third-order valence-electron chi connectivity index (χ3n) is 1.23. The quantitative estimate of drug-likeness (QED) is 0.617. The van der Waals surface area contributed by atoms with Crippen LogP contribution in [0.4, 0.5) is 0 Å². The summed E-state index contributed by atoms with van der Waals surface area (Å²) in [6.07, 6.45) is 0. The predicted octanol–water partition coefficient (Wildman–Crippen LogP) is 2.39. The SMILES string of the molecule is CC(=O)C#Cc1ccc(Br)cc1. The normalized spacial score (nSPS) is 8.50. The van der Waals surface area contributed by atoms with Gasteiger partial charge in [-0.2, -0.15) is 0 Å². The third-order valence-corrected chi connectivity index (χ3v) is 1.76. The first-order valence-electron chi connectivity index (χ1n) is 3.46. The first kappa shape index (κ1) is 9.02. The van der Waals surface area contributed by atoms with E-state index in [2.05, 4.69) is 27.8 Å². The van der Waals surface area contributed by atoms with E-state index in [0.29, 0.717) is 0 Å². The zero-order valence-electron chi connectivity index (χ0n) is 6.60. The Morgan fingerprint density at radius 1 is 1.33 bits per heavy atom. The maximum absolute atomic E-state index is 10.5. The van der Waals surface area contributed by atoms with E-state index in [9.17, 15) is 4.79 Å². The van der Waals surface area contributed by atoms with Crippen LogP contribution in [0.3, 0.4) is 0 Å². The fourth-order valence-electron chi connectivity index (χ4n) is 0.693. The average Bonchev–Trinajstić information content (AvgIpc) is 2.03. The molecule has 2 heteroatoms. The van der Waals surface area contributed by atoms with Crippen molar-refractivity contribution in [2.75, 3.05) is 0 Å². The van der Waals surface area contributed by atoms with Gasteiger partial charge in [-0.3, -0.25) is 4.79 Å². The molecule has 0 saturated carbocycles. The second-order valence-electron chi connectivity index (χ2n) is 2.31. The molecule has 12 heavy (non-hydrogen) atoms. The molecule has 0 aliphatic carbocycles. The van der Waals surface area contributed by atoms with Gasteiger partial charge in [-0.25, -0.2) is 0 Å². The van der Waals surface area contributed by atoms with Crippen LogP contribution in [0.5, 0.6) is 0 Å². The molecule has 1 aromatic rings. The van der Waals surface area contributed by atoms with Crippen molar-refractivity contribution in [2.45, 2.75) is 6.92 Å². The van der Waals surface area contributed by atoms with Crippen molar-refractivity contribution >= 4 is 21.7 Å². The largest absolute Gasteiger partial charge is 0.285 e. The van der Waals surface area contributed by atoms with E-state index in [1.54, 1.807) is 0 Å². The van der Waals surface area contributed by atoms with Crippen LogP contribution in [-0.2, 0) is 4.79 Å². The lowest BCUT2D eigenvalue weighted by Crippen LogP contribution is -1.81. The fourth-order valence-corrected chi connectivity index (χ4v) is 0.958. The molecular weight excluding hydrogens is 216 g/mol. The molecule has 0 saturated heterocycles. The van der Waals surface area contributed by atoms with Crippen molar-refractivity contribution in [3.8, 4) is 11.8 Å². The number of hydrogen-bond acceptors (Lipinski definition) is 1. The van der Waals surface area contributed by atoms with Gasteiger partial charge in [0.05, 0.1) is 0 Å². The number of Topliss-reactive ketones (excluding diaryl/α,β-unsaturated/α-hetero) is 1. The van der Waals surface area contributed by atoms with Gasteiger partial charge in [0.2, 0.25) is 5.78 Å². The minimum atomic E-state index is -0.113. The van der Waals surface area contributed by atoms with Crippen molar-refractivity contribution in [2.24, 2.45) is 0 Å². The Morgan fingerprint density at radius 3 is 2.42 bits per heavy atom. The van der Waals surface area contributed by atoms with Crippen LogP contribution in [0, 0.1) is 11.8 Å². The maximum atomic E-state index is 10.5. The Labute approximate surface area is 79.9 Å². The number of halogens is 1. The van der Waals surface area contributed by atoms with Gasteiger partial charge in [-0.05, 0) is 30.2 Å². The first-order chi connectivity index (χ1) is 5.68. The Balaban J connectivity index is 2.86. The molecule has 0 aromatic heterocycles. The van der Waals surface area contributed by atoms with E-state index in [-0.39, 0.29) is 5.78 Å². The minimum absolute atomic E-state index is 0.113. The van der Waals surface area contributed by atoms with Crippen LogP contribution < -0.4 is 0 Å². The van der Waals surface area contributed by atoms with Gasteiger partial charge < -0.3 is 0 Å². The highest BCUT2D eigenvalue weighted by atomic mass is 79.9. The van der Waals surface area contributed by atoms with Crippen LogP contribution in [0.2, 0.25) is 0 Å². The highest BCUT2D eigenvalue weighted by Gasteiger charge is 1.87. The molecule has 1 nitrogen and oxygen atoms in total. The fraction of sp³-hybridized carbons (Fsp3) is 0.100. The number of carbonyl (C=O) groups excluding carboxylic acids is 1. The van der Waals surface area contributed by atoms with Crippen molar-refractivity contribution in [1.82, 2.24) is 0 Å². The summed E-state index contributed by atoms with van der Waals surface area (Å²) in [7, 11) is 0. The summed E-state index contributed by atoms with van der Waals surface area (Å²) in [4.78, 5) is 10.5. The molecule has 0 radical (unpaired) electrons. The zero-order valence-corrected chi connectivity index (χ0v) is 8.18. The Hall–Kier alpha value is -1.07. The summed E-state index contributed by atoms with van der Waals surface area (Å²) in [5.74, 6) is 5.11. The second-order valence-corrected chi connectivity index (χ2v) is 3.23. The molecule has 0 unspecified atom stereocenters. The van der Waals surface area contributed by atoms with Crippen molar-refractivity contribution in [3.63, 3.8) is 0 Å². The molecule has 0 bridgehead atoms. The van der Waals surface area contributed by atoms with Gasteiger partial charge in [0, 0.05) is 17.0 Å². The topological polar surface area (TPSA) is 17.1 Å². The molecule has 0 N–H and O–H groups in total. The molecule has 0 aliphatic heterocycles. The van der Waals surface area contributed by atoms with Crippen LogP contribution in [-0.4, -0.2) is 5.78 Å².